The normalized spacial score (nSPS) is 13.5. The van der Waals surface area contributed by atoms with Crippen LogP contribution >= 0.6 is 0 Å². The highest BCUT2D eigenvalue weighted by atomic mass is 16.1. The van der Waals surface area contributed by atoms with Crippen molar-refractivity contribution in [2.45, 2.75) is 47.1 Å². The Labute approximate surface area is 104 Å². The van der Waals surface area contributed by atoms with Crippen molar-refractivity contribution in [2.24, 2.45) is 11.1 Å². The van der Waals surface area contributed by atoms with Gasteiger partial charge in [0, 0.05) is 18.0 Å². The predicted octanol–water partition coefficient (Wildman–Crippen LogP) is 3.25. The SMILES string of the molecule is Cc1cc(C)cc(C(=O)CC(N)C(C)(C)C)c1. The maximum absolute atomic E-state index is 12.1. The molecule has 94 valence electrons. The third kappa shape index (κ3) is 3.97. The summed E-state index contributed by atoms with van der Waals surface area (Å²) < 4.78 is 0. The van der Waals surface area contributed by atoms with Crippen molar-refractivity contribution >= 4 is 5.78 Å². The van der Waals surface area contributed by atoms with Gasteiger partial charge in [0.25, 0.3) is 0 Å². The van der Waals surface area contributed by atoms with Gasteiger partial charge in [-0.05, 0) is 31.4 Å². The minimum atomic E-state index is -0.101. The Bertz CT molecular complexity index is 395. The molecule has 2 N–H and O–H groups in total. The summed E-state index contributed by atoms with van der Waals surface area (Å²) in [5, 5.41) is 0. The number of hydrogen-bond donors (Lipinski definition) is 1. The van der Waals surface area contributed by atoms with E-state index in [1.807, 2.05) is 26.0 Å². The minimum absolute atomic E-state index is 0.0332. The minimum Gasteiger partial charge on any atom is -0.327 e. The van der Waals surface area contributed by atoms with E-state index < -0.39 is 0 Å². The zero-order valence-corrected chi connectivity index (χ0v) is 11.5. The second kappa shape index (κ2) is 5.01. The molecular formula is C15H23NO. The molecule has 0 radical (unpaired) electrons. The molecule has 0 saturated heterocycles. The Balaban J connectivity index is 2.84. The monoisotopic (exact) mass is 233 g/mol. The first-order valence-corrected chi connectivity index (χ1v) is 6.07. The van der Waals surface area contributed by atoms with Crippen molar-refractivity contribution in [1.29, 1.82) is 0 Å². The van der Waals surface area contributed by atoms with Gasteiger partial charge in [0.2, 0.25) is 0 Å². The maximum Gasteiger partial charge on any atom is 0.164 e. The molecule has 0 bridgehead atoms. The second-order valence-electron chi connectivity index (χ2n) is 5.98. The summed E-state index contributed by atoms with van der Waals surface area (Å²) in [7, 11) is 0. The quantitative estimate of drug-likeness (QED) is 0.814. The van der Waals surface area contributed by atoms with E-state index in [-0.39, 0.29) is 17.2 Å². The summed E-state index contributed by atoms with van der Waals surface area (Å²) in [6.07, 6.45) is 0.409. The molecule has 0 spiro atoms. The summed E-state index contributed by atoms with van der Waals surface area (Å²) in [6.45, 7) is 10.2. The number of benzene rings is 1. The average molecular weight is 233 g/mol. The van der Waals surface area contributed by atoms with Gasteiger partial charge in [-0.2, -0.15) is 0 Å². The van der Waals surface area contributed by atoms with Crippen molar-refractivity contribution in [3.8, 4) is 0 Å². The fourth-order valence-electron chi connectivity index (χ4n) is 1.76. The van der Waals surface area contributed by atoms with Crippen LogP contribution in [0.3, 0.4) is 0 Å². The molecule has 0 saturated carbocycles. The van der Waals surface area contributed by atoms with Crippen molar-refractivity contribution in [3.63, 3.8) is 0 Å². The summed E-state index contributed by atoms with van der Waals surface area (Å²) in [4.78, 5) is 12.1. The molecule has 1 aromatic rings. The van der Waals surface area contributed by atoms with E-state index in [9.17, 15) is 4.79 Å². The smallest absolute Gasteiger partial charge is 0.164 e. The van der Waals surface area contributed by atoms with Crippen LogP contribution in [-0.4, -0.2) is 11.8 Å². The van der Waals surface area contributed by atoms with E-state index in [1.165, 1.54) is 0 Å². The summed E-state index contributed by atoms with van der Waals surface area (Å²) >= 11 is 0. The standard InChI is InChI=1S/C15H23NO/c1-10-6-11(2)8-12(7-10)13(17)9-14(16)15(3,4)5/h6-8,14H,9,16H2,1-5H3. The lowest BCUT2D eigenvalue weighted by molar-refractivity contribution is 0.0953. The summed E-state index contributed by atoms with van der Waals surface area (Å²) in [6, 6.07) is 5.84. The fourth-order valence-corrected chi connectivity index (χ4v) is 1.76. The van der Waals surface area contributed by atoms with Gasteiger partial charge in [0.15, 0.2) is 5.78 Å². The zero-order valence-electron chi connectivity index (χ0n) is 11.5. The van der Waals surface area contributed by atoms with Gasteiger partial charge in [-0.1, -0.05) is 38.0 Å². The van der Waals surface area contributed by atoms with Crippen molar-refractivity contribution in [3.05, 3.63) is 34.9 Å². The van der Waals surface area contributed by atoms with E-state index in [4.69, 9.17) is 5.73 Å². The Hall–Kier alpha value is -1.15. The first-order valence-electron chi connectivity index (χ1n) is 6.07. The van der Waals surface area contributed by atoms with Gasteiger partial charge >= 0.3 is 0 Å². The molecule has 0 amide bonds. The lowest BCUT2D eigenvalue weighted by Gasteiger charge is -2.26. The molecule has 0 aliphatic rings. The lowest BCUT2D eigenvalue weighted by atomic mass is 9.83. The number of Topliss-reactive ketones (excluding diaryl/α,β-unsaturated/α-hetero) is 1. The maximum atomic E-state index is 12.1. The first kappa shape index (κ1) is 13.9. The summed E-state index contributed by atoms with van der Waals surface area (Å²) in [5.74, 6) is 0.138. The molecule has 2 nitrogen and oxygen atoms in total. The zero-order chi connectivity index (χ0) is 13.2. The summed E-state index contributed by atoms with van der Waals surface area (Å²) in [5.41, 5.74) is 9.04. The molecule has 1 rings (SSSR count). The lowest BCUT2D eigenvalue weighted by Crippen LogP contribution is -2.37. The van der Waals surface area contributed by atoms with E-state index in [1.54, 1.807) is 0 Å². The number of nitrogens with two attached hydrogens (primary N) is 1. The third-order valence-electron chi connectivity index (χ3n) is 3.06. The molecule has 0 aliphatic carbocycles. The van der Waals surface area contributed by atoms with Crippen molar-refractivity contribution in [1.82, 2.24) is 0 Å². The Kier molecular flexibility index (Phi) is 4.10. The van der Waals surface area contributed by atoms with Gasteiger partial charge in [0.05, 0.1) is 0 Å². The van der Waals surface area contributed by atoms with Crippen LogP contribution < -0.4 is 5.73 Å². The topological polar surface area (TPSA) is 43.1 Å². The fraction of sp³-hybridized carbons (Fsp3) is 0.533. The molecule has 0 fully saturated rings. The van der Waals surface area contributed by atoms with Crippen LogP contribution in [0.5, 0.6) is 0 Å². The Morgan fingerprint density at radius 3 is 2.06 bits per heavy atom. The number of rotatable bonds is 3. The van der Waals surface area contributed by atoms with E-state index >= 15 is 0 Å². The molecular weight excluding hydrogens is 210 g/mol. The van der Waals surface area contributed by atoms with Crippen LogP contribution in [0.1, 0.15) is 48.7 Å². The van der Waals surface area contributed by atoms with Crippen molar-refractivity contribution in [2.75, 3.05) is 0 Å². The van der Waals surface area contributed by atoms with Crippen LogP contribution in [-0.2, 0) is 0 Å². The van der Waals surface area contributed by atoms with E-state index in [2.05, 4.69) is 26.8 Å². The van der Waals surface area contributed by atoms with Crippen LogP contribution in [0.25, 0.3) is 0 Å². The molecule has 0 heterocycles. The van der Waals surface area contributed by atoms with Crippen LogP contribution in [0, 0.1) is 19.3 Å². The molecule has 0 aliphatic heterocycles. The largest absolute Gasteiger partial charge is 0.327 e. The highest BCUT2D eigenvalue weighted by Gasteiger charge is 2.23. The molecule has 0 aromatic heterocycles. The number of hydrogen-bond acceptors (Lipinski definition) is 2. The van der Waals surface area contributed by atoms with Crippen molar-refractivity contribution < 1.29 is 4.79 Å². The van der Waals surface area contributed by atoms with Crippen LogP contribution in [0.2, 0.25) is 0 Å². The highest BCUT2D eigenvalue weighted by Crippen LogP contribution is 2.21. The van der Waals surface area contributed by atoms with E-state index in [0.717, 1.165) is 16.7 Å². The molecule has 2 heteroatoms. The molecule has 1 unspecified atom stereocenters. The van der Waals surface area contributed by atoms with Crippen LogP contribution in [0.4, 0.5) is 0 Å². The van der Waals surface area contributed by atoms with E-state index in [0.29, 0.717) is 6.42 Å². The Morgan fingerprint density at radius 2 is 1.65 bits per heavy atom. The molecule has 1 atom stereocenters. The van der Waals surface area contributed by atoms with Gasteiger partial charge in [-0.25, -0.2) is 0 Å². The number of carbonyl (C=O) groups excluding carboxylic acids is 1. The number of carbonyl (C=O) groups is 1. The molecule has 1 aromatic carbocycles. The highest BCUT2D eigenvalue weighted by molar-refractivity contribution is 5.96. The van der Waals surface area contributed by atoms with Gasteiger partial charge in [-0.3, -0.25) is 4.79 Å². The average Bonchev–Trinajstić information content (AvgIpc) is 2.14. The number of ketones is 1. The predicted molar refractivity (Wildman–Crippen MR) is 72.3 cm³/mol. The number of aryl methyl sites for hydroxylation is 2. The first-order chi connectivity index (χ1) is 7.70. The Morgan fingerprint density at radius 1 is 1.18 bits per heavy atom. The van der Waals surface area contributed by atoms with Gasteiger partial charge < -0.3 is 5.73 Å². The second-order valence-corrected chi connectivity index (χ2v) is 5.98. The van der Waals surface area contributed by atoms with Crippen LogP contribution in [0.15, 0.2) is 18.2 Å². The van der Waals surface area contributed by atoms with Gasteiger partial charge in [-0.15, -0.1) is 0 Å². The molecule has 17 heavy (non-hydrogen) atoms. The third-order valence-corrected chi connectivity index (χ3v) is 3.06. The van der Waals surface area contributed by atoms with Gasteiger partial charge in [0.1, 0.15) is 0 Å².